The van der Waals surface area contributed by atoms with Gasteiger partial charge < -0.3 is 4.74 Å². The number of benzene rings is 2. The topological polar surface area (TPSA) is 60.4 Å². The minimum atomic E-state index is -3.78. The van der Waals surface area contributed by atoms with Crippen LogP contribution in [-0.2, 0) is 9.84 Å². The second-order valence-corrected chi connectivity index (χ2v) is 6.74. The number of sulfone groups is 1. The van der Waals surface area contributed by atoms with Crippen LogP contribution in [0.1, 0.15) is 10.4 Å². The fraction of sp³-hybridized carbons (Fsp3) is 0.133. The van der Waals surface area contributed by atoms with Crippen molar-refractivity contribution in [1.29, 1.82) is 0 Å². The average molecular weight is 325 g/mol. The van der Waals surface area contributed by atoms with Gasteiger partial charge in [0.2, 0.25) is 0 Å². The smallest absolute Gasteiger partial charge is 0.189 e. The molecule has 0 unspecified atom stereocenters. The predicted octanol–water partition coefficient (Wildman–Crippen LogP) is 3.01. The predicted molar refractivity (Wildman–Crippen MR) is 80.8 cm³/mol. The Labute approximate surface area is 128 Å². The molecule has 0 spiro atoms. The molecule has 0 N–H and O–H groups in total. The molecular formula is C15H13ClO4S. The molecule has 0 bridgehead atoms. The molecule has 6 heteroatoms. The van der Waals surface area contributed by atoms with Gasteiger partial charge in [-0.15, -0.1) is 0 Å². The Balaban J connectivity index is 2.31. The monoisotopic (exact) mass is 324 g/mol. The van der Waals surface area contributed by atoms with E-state index in [4.69, 9.17) is 16.3 Å². The van der Waals surface area contributed by atoms with E-state index >= 15 is 0 Å². The summed E-state index contributed by atoms with van der Waals surface area (Å²) < 4.78 is 29.7. The maximum Gasteiger partial charge on any atom is 0.189 e. The minimum absolute atomic E-state index is 0.00266. The second kappa shape index (κ2) is 6.28. The third-order valence-corrected chi connectivity index (χ3v) is 4.76. The SMILES string of the molecule is COc1ccccc1S(=O)(=O)CC(=O)c1cccc(Cl)c1. The summed E-state index contributed by atoms with van der Waals surface area (Å²) in [4.78, 5) is 12.1. The third kappa shape index (κ3) is 3.62. The van der Waals surface area contributed by atoms with Crippen molar-refractivity contribution in [2.24, 2.45) is 0 Å². The van der Waals surface area contributed by atoms with E-state index < -0.39 is 21.4 Å². The molecule has 0 radical (unpaired) electrons. The summed E-state index contributed by atoms with van der Waals surface area (Å²) >= 11 is 5.80. The normalized spacial score (nSPS) is 11.1. The van der Waals surface area contributed by atoms with Crippen molar-refractivity contribution in [3.63, 3.8) is 0 Å². The highest BCUT2D eigenvalue weighted by Gasteiger charge is 2.23. The number of para-hydroxylation sites is 1. The molecule has 2 aromatic carbocycles. The van der Waals surface area contributed by atoms with Crippen LogP contribution < -0.4 is 4.74 Å². The number of Topliss-reactive ketones (excluding diaryl/α,β-unsaturated/α-hetero) is 1. The largest absolute Gasteiger partial charge is 0.495 e. The van der Waals surface area contributed by atoms with Gasteiger partial charge in [-0.2, -0.15) is 0 Å². The van der Waals surface area contributed by atoms with Gasteiger partial charge in [0.1, 0.15) is 16.4 Å². The van der Waals surface area contributed by atoms with Crippen LogP contribution >= 0.6 is 11.6 Å². The number of carbonyl (C=O) groups is 1. The zero-order chi connectivity index (χ0) is 15.5. The summed E-state index contributed by atoms with van der Waals surface area (Å²) in [6.45, 7) is 0. The van der Waals surface area contributed by atoms with Gasteiger partial charge >= 0.3 is 0 Å². The van der Waals surface area contributed by atoms with Crippen LogP contribution in [0.4, 0.5) is 0 Å². The first-order valence-electron chi connectivity index (χ1n) is 6.08. The van der Waals surface area contributed by atoms with Gasteiger partial charge in [-0.05, 0) is 24.3 Å². The van der Waals surface area contributed by atoms with Crippen molar-refractivity contribution >= 4 is 27.2 Å². The summed E-state index contributed by atoms with van der Waals surface area (Å²) in [5, 5.41) is 0.385. The molecule has 110 valence electrons. The second-order valence-electron chi connectivity index (χ2n) is 4.34. The zero-order valence-electron chi connectivity index (χ0n) is 11.2. The van der Waals surface area contributed by atoms with Crippen molar-refractivity contribution in [1.82, 2.24) is 0 Å². The Hall–Kier alpha value is -1.85. The maximum atomic E-state index is 12.3. The molecule has 21 heavy (non-hydrogen) atoms. The molecule has 0 saturated heterocycles. The van der Waals surface area contributed by atoms with E-state index in [9.17, 15) is 13.2 Å². The van der Waals surface area contributed by atoms with Gasteiger partial charge in [0.25, 0.3) is 0 Å². The molecule has 0 aliphatic carbocycles. The van der Waals surface area contributed by atoms with E-state index in [-0.39, 0.29) is 16.2 Å². The summed E-state index contributed by atoms with van der Waals surface area (Å²) in [7, 11) is -2.40. The first-order valence-corrected chi connectivity index (χ1v) is 8.11. The highest BCUT2D eigenvalue weighted by molar-refractivity contribution is 7.92. The van der Waals surface area contributed by atoms with E-state index in [1.807, 2.05) is 0 Å². The van der Waals surface area contributed by atoms with E-state index in [1.54, 1.807) is 24.3 Å². The maximum absolute atomic E-state index is 12.3. The van der Waals surface area contributed by atoms with E-state index in [1.165, 1.54) is 31.4 Å². The van der Waals surface area contributed by atoms with Crippen LogP contribution in [0.5, 0.6) is 5.75 Å². The van der Waals surface area contributed by atoms with Gasteiger partial charge in [-0.3, -0.25) is 4.79 Å². The quantitative estimate of drug-likeness (QED) is 0.793. The Morgan fingerprint density at radius 2 is 1.86 bits per heavy atom. The van der Waals surface area contributed by atoms with Crippen molar-refractivity contribution in [3.8, 4) is 5.75 Å². The van der Waals surface area contributed by atoms with Gasteiger partial charge in [-0.25, -0.2) is 8.42 Å². The average Bonchev–Trinajstić information content (AvgIpc) is 2.46. The van der Waals surface area contributed by atoms with Crippen molar-refractivity contribution < 1.29 is 17.9 Å². The Morgan fingerprint density at radius 1 is 1.14 bits per heavy atom. The zero-order valence-corrected chi connectivity index (χ0v) is 12.8. The van der Waals surface area contributed by atoms with Gasteiger partial charge in [-0.1, -0.05) is 35.9 Å². The highest BCUT2D eigenvalue weighted by atomic mass is 35.5. The summed E-state index contributed by atoms with van der Waals surface area (Å²) in [6, 6.07) is 12.4. The fourth-order valence-corrected chi connectivity index (χ4v) is 3.47. The number of ketones is 1. The molecule has 0 heterocycles. The van der Waals surface area contributed by atoms with Crippen LogP contribution in [0.15, 0.2) is 53.4 Å². The van der Waals surface area contributed by atoms with Crippen LogP contribution in [0.25, 0.3) is 0 Å². The Kier molecular flexibility index (Phi) is 4.65. The van der Waals surface area contributed by atoms with E-state index in [2.05, 4.69) is 0 Å². The summed E-state index contributed by atoms with van der Waals surface area (Å²) in [6.07, 6.45) is 0. The lowest BCUT2D eigenvalue weighted by Gasteiger charge is -2.09. The molecular weight excluding hydrogens is 312 g/mol. The van der Waals surface area contributed by atoms with Crippen LogP contribution in [0.3, 0.4) is 0 Å². The Morgan fingerprint density at radius 3 is 2.52 bits per heavy atom. The summed E-state index contributed by atoms with van der Waals surface area (Å²) in [5.74, 6) is -0.923. The molecule has 2 rings (SSSR count). The first kappa shape index (κ1) is 15.5. The number of hydrogen-bond acceptors (Lipinski definition) is 4. The van der Waals surface area contributed by atoms with Crippen molar-refractivity contribution in [2.45, 2.75) is 4.90 Å². The van der Waals surface area contributed by atoms with Crippen LogP contribution in [0.2, 0.25) is 5.02 Å². The minimum Gasteiger partial charge on any atom is -0.495 e. The summed E-state index contributed by atoms with van der Waals surface area (Å²) in [5.41, 5.74) is 0.265. The number of carbonyl (C=O) groups excluding carboxylic acids is 1. The number of methoxy groups -OCH3 is 1. The molecule has 0 amide bonds. The number of rotatable bonds is 5. The van der Waals surface area contributed by atoms with Crippen LogP contribution in [0, 0.1) is 0 Å². The molecule has 0 atom stereocenters. The molecule has 0 saturated carbocycles. The lowest BCUT2D eigenvalue weighted by molar-refractivity contribution is 0.102. The standard InChI is InChI=1S/C15H13ClO4S/c1-20-14-7-2-3-8-15(14)21(18,19)10-13(17)11-5-4-6-12(16)9-11/h2-9H,10H2,1H3. The number of ether oxygens (including phenoxy) is 1. The molecule has 0 aliphatic rings. The van der Waals surface area contributed by atoms with Gasteiger partial charge in [0, 0.05) is 10.6 Å². The lowest BCUT2D eigenvalue weighted by atomic mass is 10.1. The van der Waals surface area contributed by atoms with Crippen LogP contribution in [-0.4, -0.2) is 27.1 Å². The molecule has 0 aliphatic heterocycles. The van der Waals surface area contributed by atoms with Crippen molar-refractivity contribution in [2.75, 3.05) is 12.9 Å². The lowest BCUT2D eigenvalue weighted by Crippen LogP contribution is -2.17. The molecule has 4 nitrogen and oxygen atoms in total. The number of hydrogen-bond donors (Lipinski definition) is 0. The molecule has 0 aromatic heterocycles. The van der Waals surface area contributed by atoms with Gasteiger partial charge in [0.15, 0.2) is 15.6 Å². The van der Waals surface area contributed by atoms with Crippen molar-refractivity contribution in [3.05, 3.63) is 59.1 Å². The van der Waals surface area contributed by atoms with E-state index in [0.717, 1.165) is 0 Å². The number of halogens is 1. The molecule has 0 fully saturated rings. The van der Waals surface area contributed by atoms with Gasteiger partial charge in [0.05, 0.1) is 7.11 Å². The third-order valence-electron chi connectivity index (χ3n) is 2.87. The highest BCUT2D eigenvalue weighted by Crippen LogP contribution is 2.24. The first-order chi connectivity index (χ1) is 9.94. The Bertz CT molecular complexity index is 769. The van der Waals surface area contributed by atoms with E-state index in [0.29, 0.717) is 5.02 Å². The fourth-order valence-electron chi connectivity index (χ4n) is 1.87. The molecule has 2 aromatic rings.